The van der Waals surface area contributed by atoms with Crippen LogP contribution in [0.2, 0.25) is 0 Å². The summed E-state index contributed by atoms with van der Waals surface area (Å²) < 4.78 is 10.7. The van der Waals surface area contributed by atoms with E-state index in [0.717, 1.165) is 16.7 Å². The van der Waals surface area contributed by atoms with E-state index in [1.807, 2.05) is 24.3 Å². The van der Waals surface area contributed by atoms with Crippen molar-refractivity contribution in [2.45, 2.75) is 0 Å². The first kappa shape index (κ1) is 22.2. The van der Waals surface area contributed by atoms with Crippen LogP contribution in [0.25, 0.3) is 45.0 Å². The van der Waals surface area contributed by atoms with Gasteiger partial charge in [-0.25, -0.2) is 0 Å². The van der Waals surface area contributed by atoms with E-state index >= 15 is 0 Å². The molecule has 0 fully saturated rings. The zero-order chi connectivity index (χ0) is 25.0. The van der Waals surface area contributed by atoms with Crippen LogP contribution in [-0.2, 0) is 0 Å². The highest BCUT2D eigenvalue weighted by Gasteiger charge is 2.15. The highest BCUT2D eigenvalue weighted by molar-refractivity contribution is 6.03. The fraction of sp³-hybridized carbons (Fsp3) is 0. The first-order chi connectivity index (χ1) is 18.2. The number of hydrogen-bond acceptors (Lipinski definition) is 5. The molecule has 6 rings (SSSR count). The van der Waals surface area contributed by atoms with Crippen molar-refractivity contribution in [3.63, 3.8) is 0 Å². The van der Waals surface area contributed by atoms with Gasteiger partial charge >= 0.3 is 6.01 Å². The maximum Gasteiger partial charge on any atom is 0.322 e. The standard InChI is InChI=1S/C31H21N3O3/c35-29(32-31-34-33-30(37-31)28-14-7-19-36-28)25-11-6-10-24(20-25)21-15-17-23(18-16-21)27-13-5-4-12-26(27)22-8-2-1-3-9-22/h1-20H,(H,32,34,35). The van der Waals surface area contributed by atoms with Crippen molar-refractivity contribution in [3.8, 4) is 45.0 Å². The molecule has 0 spiro atoms. The molecule has 0 aliphatic rings. The molecule has 37 heavy (non-hydrogen) atoms. The van der Waals surface area contributed by atoms with Gasteiger partial charge in [0.2, 0.25) is 0 Å². The van der Waals surface area contributed by atoms with E-state index in [0.29, 0.717) is 11.3 Å². The number of amides is 1. The molecule has 0 atom stereocenters. The van der Waals surface area contributed by atoms with Crippen molar-refractivity contribution in [3.05, 3.63) is 127 Å². The van der Waals surface area contributed by atoms with Crippen LogP contribution >= 0.6 is 0 Å². The van der Waals surface area contributed by atoms with E-state index in [9.17, 15) is 4.79 Å². The fourth-order valence-electron chi connectivity index (χ4n) is 4.23. The summed E-state index contributed by atoms with van der Waals surface area (Å²) in [6.45, 7) is 0. The molecule has 0 bridgehead atoms. The Morgan fingerprint density at radius 2 is 1.30 bits per heavy atom. The van der Waals surface area contributed by atoms with E-state index in [-0.39, 0.29) is 17.8 Å². The lowest BCUT2D eigenvalue weighted by molar-refractivity contribution is 0.102. The molecular weight excluding hydrogens is 462 g/mol. The van der Waals surface area contributed by atoms with Gasteiger partial charge in [0, 0.05) is 5.56 Å². The van der Waals surface area contributed by atoms with Gasteiger partial charge in [0.05, 0.1) is 6.26 Å². The molecule has 0 unspecified atom stereocenters. The Bertz CT molecular complexity index is 1650. The predicted molar refractivity (Wildman–Crippen MR) is 143 cm³/mol. The first-order valence-electron chi connectivity index (χ1n) is 11.8. The lowest BCUT2D eigenvalue weighted by Gasteiger charge is -2.11. The predicted octanol–water partition coefficient (Wildman–Crippen LogP) is 7.58. The fourth-order valence-corrected chi connectivity index (χ4v) is 4.23. The molecule has 4 aromatic carbocycles. The first-order valence-corrected chi connectivity index (χ1v) is 11.8. The second kappa shape index (κ2) is 9.79. The third-order valence-corrected chi connectivity index (χ3v) is 6.04. The summed E-state index contributed by atoms with van der Waals surface area (Å²) in [4.78, 5) is 12.8. The topological polar surface area (TPSA) is 81.2 Å². The largest absolute Gasteiger partial charge is 0.459 e. The number of anilines is 1. The summed E-state index contributed by atoms with van der Waals surface area (Å²) in [5.41, 5.74) is 7.08. The molecular formula is C31H21N3O3. The normalized spacial score (nSPS) is 10.8. The van der Waals surface area contributed by atoms with Crippen LogP contribution in [0.5, 0.6) is 0 Å². The quantitative estimate of drug-likeness (QED) is 0.264. The van der Waals surface area contributed by atoms with Crippen molar-refractivity contribution in [2.24, 2.45) is 0 Å². The smallest absolute Gasteiger partial charge is 0.322 e. The summed E-state index contributed by atoms with van der Waals surface area (Å²) in [7, 11) is 0. The minimum absolute atomic E-state index is 0.00300. The molecule has 0 saturated heterocycles. The molecule has 178 valence electrons. The summed E-state index contributed by atoms with van der Waals surface area (Å²) in [5, 5.41) is 10.4. The van der Waals surface area contributed by atoms with Gasteiger partial charge in [-0.2, -0.15) is 0 Å². The Hall–Kier alpha value is -5.23. The number of furan rings is 1. The second-order valence-electron chi connectivity index (χ2n) is 8.41. The van der Waals surface area contributed by atoms with E-state index in [4.69, 9.17) is 8.83 Å². The molecule has 1 amide bonds. The minimum atomic E-state index is -0.343. The number of nitrogens with one attached hydrogen (secondary N) is 1. The average molecular weight is 484 g/mol. The van der Waals surface area contributed by atoms with Crippen molar-refractivity contribution in [2.75, 3.05) is 5.32 Å². The molecule has 0 saturated carbocycles. The number of rotatable bonds is 6. The van der Waals surface area contributed by atoms with Gasteiger partial charge in [-0.05, 0) is 57.6 Å². The van der Waals surface area contributed by atoms with Gasteiger partial charge in [-0.1, -0.05) is 96.1 Å². The van der Waals surface area contributed by atoms with Crippen LogP contribution in [0.3, 0.4) is 0 Å². The summed E-state index contributed by atoms with van der Waals surface area (Å²) in [5.74, 6) is 0.290. The second-order valence-corrected chi connectivity index (χ2v) is 8.41. The summed E-state index contributed by atoms with van der Waals surface area (Å²) in [6.07, 6.45) is 1.51. The molecule has 0 aliphatic heterocycles. The van der Waals surface area contributed by atoms with E-state index < -0.39 is 0 Å². The molecule has 2 heterocycles. The van der Waals surface area contributed by atoms with Crippen molar-refractivity contribution >= 4 is 11.9 Å². The summed E-state index contributed by atoms with van der Waals surface area (Å²) in [6, 6.07) is 38.0. The van der Waals surface area contributed by atoms with Gasteiger partial charge in [0.1, 0.15) is 0 Å². The number of benzene rings is 4. The SMILES string of the molecule is O=C(Nc1nnc(-c2ccco2)o1)c1cccc(-c2ccc(-c3ccccc3-c3ccccc3)cc2)c1. The van der Waals surface area contributed by atoms with Crippen LogP contribution in [0.4, 0.5) is 6.01 Å². The highest BCUT2D eigenvalue weighted by atomic mass is 16.4. The van der Waals surface area contributed by atoms with Crippen molar-refractivity contribution in [1.82, 2.24) is 10.2 Å². The highest BCUT2D eigenvalue weighted by Crippen LogP contribution is 2.33. The zero-order valence-electron chi connectivity index (χ0n) is 19.7. The van der Waals surface area contributed by atoms with Crippen LogP contribution in [-0.4, -0.2) is 16.1 Å². The Balaban J connectivity index is 1.22. The maximum atomic E-state index is 12.8. The van der Waals surface area contributed by atoms with Crippen LogP contribution in [0, 0.1) is 0 Å². The third-order valence-electron chi connectivity index (χ3n) is 6.04. The monoisotopic (exact) mass is 483 g/mol. The molecule has 6 aromatic rings. The van der Waals surface area contributed by atoms with Crippen LogP contribution < -0.4 is 5.32 Å². The molecule has 0 aliphatic carbocycles. The molecule has 1 N–H and O–H groups in total. The van der Waals surface area contributed by atoms with E-state index in [1.165, 1.54) is 23.0 Å². The Morgan fingerprint density at radius 1 is 0.622 bits per heavy atom. The molecule has 6 heteroatoms. The average Bonchev–Trinajstić information content (AvgIpc) is 3.66. The van der Waals surface area contributed by atoms with Crippen LogP contribution in [0.1, 0.15) is 10.4 Å². The zero-order valence-corrected chi connectivity index (χ0v) is 19.7. The Labute approximate surface area is 213 Å². The lowest BCUT2D eigenvalue weighted by Crippen LogP contribution is -2.12. The number of nitrogens with zero attached hydrogens (tertiary/aromatic N) is 2. The number of carbonyl (C=O) groups excluding carboxylic acids is 1. The number of aromatic nitrogens is 2. The Kier molecular flexibility index (Phi) is 5.89. The molecule has 6 nitrogen and oxygen atoms in total. The van der Waals surface area contributed by atoms with Gasteiger partial charge in [-0.3, -0.25) is 10.1 Å². The van der Waals surface area contributed by atoms with E-state index in [1.54, 1.807) is 18.2 Å². The van der Waals surface area contributed by atoms with Gasteiger partial charge in [0.15, 0.2) is 5.76 Å². The third kappa shape index (κ3) is 4.68. The molecule has 0 radical (unpaired) electrons. The van der Waals surface area contributed by atoms with Gasteiger partial charge < -0.3 is 8.83 Å². The number of hydrogen-bond donors (Lipinski definition) is 1. The van der Waals surface area contributed by atoms with Crippen molar-refractivity contribution in [1.29, 1.82) is 0 Å². The van der Waals surface area contributed by atoms with Crippen molar-refractivity contribution < 1.29 is 13.6 Å². The minimum Gasteiger partial charge on any atom is -0.459 e. The van der Waals surface area contributed by atoms with Crippen LogP contribution in [0.15, 0.2) is 130 Å². The summed E-state index contributed by atoms with van der Waals surface area (Å²) >= 11 is 0. The van der Waals surface area contributed by atoms with Gasteiger partial charge in [-0.15, -0.1) is 5.10 Å². The Morgan fingerprint density at radius 3 is 2.03 bits per heavy atom. The van der Waals surface area contributed by atoms with Gasteiger partial charge in [0.25, 0.3) is 11.8 Å². The lowest BCUT2D eigenvalue weighted by atomic mass is 9.93. The maximum absolute atomic E-state index is 12.8. The van der Waals surface area contributed by atoms with E-state index in [2.05, 4.69) is 88.3 Å². The molecule has 2 aromatic heterocycles. The number of carbonyl (C=O) groups is 1.